The third-order valence-electron chi connectivity index (χ3n) is 3.59. The predicted octanol–water partition coefficient (Wildman–Crippen LogP) is 3.33. The first-order valence-electron chi connectivity index (χ1n) is 6.31. The Labute approximate surface area is 111 Å². The zero-order valence-corrected chi connectivity index (χ0v) is 11.8. The molecule has 0 atom stereocenters. The van der Waals surface area contributed by atoms with Crippen LogP contribution in [0.25, 0.3) is 10.2 Å². The largest absolute Gasteiger partial charge is 0.364 e. The maximum atomic E-state index is 4.56. The maximum absolute atomic E-state index is 4.56. The summed E-state index contributed by atoms with van der Waals surface area (Å²) in [7, 11) is 1.85. The van der Waals surface area contributed by atoms with Crippen molar-refractivity contribution in [2.45, 2.75) is 32.2 Å². The molecule has 0 aliphatic heterocycles. The molecular weight excluding hydrogens is 244 g/mol. The van der Waals surface area contributed by atoms with Crippen molar-refractivity contribution >= 4 is 33.3 Å². The normalized spacial score (nSPS) is 15.9. The van der Waals surface area contributed by atoms with Crippen LogP contribution in [0.4, 0.5) is 11.8 Å². The van der Waals surface area contributed by atoms with E-state index in [1.165, 1.54) is 12.8 Å². The molecule has 4 nitrogen and oxygen atoms in total. The Balaban J connectivity index is 2.01. The lowest BCUT2D eigenvalue weighted by atomic mass is 9.99. The van der Waals surface area contributed by atoms with Gasteiger partial charge in [0.1, 0.15) is 10.6 Å². The van der Waals surface area contributed by atoms with Crippen LogP contribution in [0.2, 0.25) is 0 Å². The van der Waals surface area contributed by atoms with Crippen molar-refractivity contribution < 1.29 is 0 Å². The van der Waals surface area contributed by atoms with Gasteiger partial charge in [-0.15, -0.1) is 11.3 Å². The minimum Gasteiger partial charge on any atom is -0.364 e. The molecular formula is C13H18N4S. The van der Waals surface area contributed by atoms with E-state index >= 15 is 0 Å². The van der Waals surface area contributed by atoms with Crippen molar-refractivity contribution in [3.63, 3.8) is 0 Å². The number of nitrogens with zero attached hydrogens (tertiary/aromatic N) is 2. The minimum absolute atomic E-state index is 0.105. The van der Waals surface area contributed by atoms with Crippen LogP contribution in [0.15, 0.2) is 11.4 Å². The lowest BCUT2D eigenvalue weighted by Crippen LogP contribution is -2.33. The molecule has 1 saturated carbocycles. The van der Waals surface area contributed by atoms with Gasteiger partial charge in [0.15, 0.2) is 0 Å². The summed E-state index contributed by atoms with van der Waals surface area (Å²) in [4.78, 5) is 10.1. The van der Waals surface area contributed by atoms with E-state index < -0.39 is 0 Å². The van der Waals surface area contributed by atoms with Crippen molar-refractivity contribution in [1.29, 1.82) is 0 Å². The third kappa shape index (κ3) is 2.03. The zero-order valence-electron chi connectivity index (χ0n) is 10.9. The molecule has 0 radical (unpaired) electrons. The van der Waals surface area contributed by atoms with Gasteiger partial charge >= 0.3 is 0 Å². The molecule has 1 aliphatic rings. The lowest BCUT2D eigenvalue weighted by Gasteiger charge is -2.27. The van der Waals surface area contributed by atoms with Gasteiger partial charge in [-0.2, -0.15) is 4.98 Å². The Kier molecular flexibility index (Phi) is 2.66. The summed E-state index contributed by atoms with van der Waals surface area (Å²) in [6.45, 7) is 4.51. The predicted molar refractivity (Wildman–Crippen MR) is 77.4 cm³/mol. The van der Waals surface area contributed by atoms with E-state index in [2.05, 4.69) is 45.9 Å². The molecule has 2 aromatic rings. The Morgan fingerprint density at radius 2 is 2.11 bits per heavy atom. The van der Waals surface area contributed by atoms with Gasteiger partial charge in [0.25, 0.3) is 0 Å². The second-order valence-corrected chi connectivity index (χ2v) is 6.30. The summed E-state index contributed by atoms with van der Waals surface area (Å²) >= 11 is 1.65. The number of nitrogens with one attached hydrogen (secondary N) is 2. The van der Waals surface area contributed by atoms with E-state index in [4.69, 9.17) is 0 Å². The van der Waals surface area contributed by atoms with E-state index in [0.717, 1.165) is 22.0 Å². The van der Waals surface area contributed by atoms with Gasteiger partial charge < -0.3 is 10.6 Å². The van der Waals surface area contributed by atoms with E-state index in [1.54, 1.807) is 11.3 Å². The van der Waals surface area contributed by atoms with Crippen LogP contribution in [0.3, 0.4) is 0 Å². The Morgan fingerprint density at radius 1 is 1.33 bits per heavy atom. The van der Waals surface area contributed by atoms with Crippen LogP contribution in [0.1, 0.15) is 26.7 Å². The summed E-state index contributed by atoms with van der Waals surface area (Å²) < 4.78 is 0. The van der Waals surface area contributed by atoms with E-state index in [9.17, 15) is 0 Å². The molecule has 5 heteroatoms. The highest BCUT2D eigenvalue weighted by Crippen LogP contribution is 2.41. The van der Waals surface area contributed by atoms with Crippen molar-refractivity contribution in [3.8, 4) is 0 Å². The number of anilines is 2. The quantitative estimate of drug-likeness (QED) is 0.887. The average molecular weight is 262 g/mol. The van der Waals surface area contributed by atoms with Crippen LogP contribution < -0.4 is 10.6 Å². The molecule has 2 heterocycles. The Bertz CT molecular complexity index is 571. The summed E-state index contributed by atoms with van der Waals surface area (Å²) in [5.41, 5.74) is 0.105. The molecule has 0 bridgehead atoms. The molecule has 1 aliphatic carbocycles. The fourth-order valence-electron chi connectivity index (χ4n) is 2.27. The van der Waals surface area contributed by atoms with Crippen molar-refractivity contribution in [2.75, 3.05) is 17.7 Å². The highest BCUT2D eigenvalue weighted by molar-refractivity contribution is 7.16. The van der Waals surface area contributed by atoms with E-state index in [1.807, 2.05) is 7.05 Å². The van der Waals surface area contributed by atoms with Crippen LogP contribution in [-0.2, 0) is 0 Å². The van der Waals surface area contributed by atoms with Crippen molar-refractivity contribution in [1.82, 2.24) is 9.97 Å². The van der Waals surface area contributed by atoms with Gasteiger partial charge in [0.05, 0.1) is 5.39 Å². The average Bonchev–Trinajstić information content (AvgIpc) is 3.09. The monoisotopic (exact) mass is 262 g/mol. The van der Waals surface area contributed by atoms with Gasteiger partial charge in [-0.05, 0) is 44.1 Å². The van der Waals surface area contributed by atoms with Crippen molar-refractivity contribution in [2.24, 2.45) is 5.92 Å². The topological polar surface area (TPSA) is 49.8 Å². The van der Waals surface area contributed by atoms with Crippen LogP contribution in [-0.4, -0.2) is 22.6 Å². The number of fused-ring (bicyclic) bond motifs is 1. The van der Waals surface area contributed by atoms with E-state index in [0.29, 0.717) is 5.95 Å². The SMILES string of the molecule is CNc1nc(NC(C)(C)C2CC2)c2ccsc2n1. The van der Waals surface area contributed by atoms with Gasteiger partial charge in [0.2, 0.25) is 5.95 Å². The molecule has 1 fully saturated rings. The second-order valence-electron chi connectivity index (χ2n) is 5.41. The van der Waals surface area contributed by atoms with Gasteiger partial charge in [-0.1, -0.05) is 0 Å². The second kappa shape index (κ2) is 4.09. The molecule has 0 amide bonds. The summed E-state index contributed by atoms with van der Waals surface area (Å²) in [5.74, 6) is 2.39. The van der Waals surface area contributed by atoms with Gasteiger partial charge in [-0.3, -0.25) is 0 Å². The number of hydrogen-bond donors (Lipinski definition) is 2. The fourth-order valence-corrected chi connectivity index (χ4v) is 3.04. The summed E-state index contributed by atoms with van der Waals surface area (Å²) in [5, 5.41) is 9.81. The maximum Gasteiger partial charge on any atom is 0.225 e. The molecule has 96 valence electrons. The molecule has 0 aromatic carbocycles. The molecule has 0 saturated heterocycles. The number of aromatic nitrogens is 2. The standard InChI is InChI=1S/C13H18N4S/c1-13(2,8-4-5-8)17-10-9-6-7-18-11(9)16-12(14-3)15-10/h6-8H,4-5H2,1-3H3,(H2,14,15,16,17). The first-order chi connectivity index (χ1) is 8.60. The molecule has 2 N–H and O–H groups in total. The van der Waals surface area contributed by atoms with E-state index in [-0.39, 0.29) is 5.54 Å². The molecule has 18 heavy (non-hydrogen) atoms. The summed E-state index contributed by atoms with van der Waals surface area (Å²) in [6, 6.07) is 2.09. The Morgan fingerprint density at radius 3 is 2.78 bits per heavy atom. The lowest BCUT2D eigenvalue weighted by molar-refractivity contribution is 0.493. The molecule has 0 spiro atoms. The minimum atomic E-state index is 0.105. The highest BCUT2D eigenvalue weighted by Gasteiger charge is 2.38. The first-order valence-corrected chi connectivity index (χ1v) is 7.19. The Hall–Kier alpha value is -1.36. The third-order valence-corrected chi connectivity index (χ3v) is 4.39. The van der Waals surface area contributed by atoms with Crippen LogP contribution >= 0.6 is 11.3 Å². The molecule has 2 aromatic heterocycles. The van der Waals surface area contributed by atoms with Gasteiger partial charge in [0, 0.05) is 12.6 Å². The fraction of sp³-hybridized carbons (Fsp3) is 0.538. The van der Waals surface area contributed by atoms with Crippen LogP contribution in [0, 0.1) is 5.92 Å². The molecule has 0 unspecified atom stereocenters. The molecule has 3 rings (SSSR count). The number of hydrogen-bond acceptors (Lipinski definition) is 5. The van der Waals surface area contributed by atoms with Crippen LogP contribution in [0.5, 0.6) is 0 Å². The van der Waals surface area contributed by atoms with Gasteiger partial charge in [-0.25, -0.2) is 4.98 Å². The number of thiophene rings is 1. The highest BCUT2D eigenvalue weighted by atomic mass is 32.1. The smallest absolute Gasteiger partial charge is 0.225 e. The zero-order chi connectivity index (χ0) is 12.8. The summed E-state index contributed by atoms with van der Waals surface area (Å²) in [6.07, 6.45) is 2.63. The number of rotatable bonds is 4. The van der Waals surface area contributed by atoms with Crippen molar-refractivity contribution in [3.05, 3.63) is 11.4 Å². The first kappa shape index (κ1) is 11.7.